The fraction of sp³-hybridized carbons (Fsp3) is 0.300. The third-order valence-corrected chi connectivity index (χ3v) is 5.01. The van der Waals surface area contributed by atoms with Gasteiger partial charge in [0.2, 0.25) is 5.91 Å². The number of nitrogens with zero attached hydrogens (tertiary/aromatic N) is 1. The van der Waals surface area contributed by atoms with Crippen LogP contribution in [0.5, 0.6) is 11.5 Å². The molecular formula is C20H22N2O3S. The first kappa shape index (κ1) is 18.2. The molecule has 0 aliphatic heterocycles. The highest BCUT2D eigenvalue weighted by atomic mass is 32.1. The standard InChI is InChI=1S/C20H22N2O3S/c1-4-24-16-7-5-15(6-8-16)12-25-17-9-10-18-19(11-17)26-20(22-18)13(2)21-14(3)23/h5-11,13H,4,12H2,1-3H3,(H,21,23). The maximum atomic E-state index is 11.2. The Labute approximate surface area is 157 Å². The second kappa shape index (κ2) is 8.19. The Morgan fingerprint density at radius 1 is 1.15 bits per heavy atom. The lowest BCUT2D eigenvalue weighted by atomic mass is 10.2. The Morgan fingerprint density at radius 2 is 1.88 bits per heavy atom. The molecule has 0 bridgehead atoms. The number of ether oxygens (including phenoxy) is 2. The Bertz CT molecular complexity index is 890. The third kappa shape index (κ3) is 4.52. The van der Waals surface area contributed by atoms with Crippen molar-refractivity contribution in [2.75, 3.05) is 6.61 Å². The summed E-state index contributed by atoms with van der Waals surface area (Å²) in [5, 5.41) is 3.75. The number of rotatable bonds is 7. The molecule has 0 spiro atoms. The summed E-state index contributed by atoms with van der Waals surface area (Å²) in [6, 6.07) is 13.7. The molecule has 5 nitrogen and oxygen atoms in total. The van der Waals surface area contributed by atoms with E-state index in [0.717, 1.165) is 32.3 Å². The fourth-order valence-corrected chi connectivity index (χ4v) is 3.58. The van der Waals surface area contributed by atoms with Crippen LogP contribution in [0.4, 0.5) is 0 Å². The van der Waals surface area contributed by atoms with Crippen LogP contribution in [0.1, 0.15) is 37.4 Å². The van der Waals surface area contributed by atoms with Gasteiger partial charge in [0.05, 0.1) is 22.9 Å². The largest absolute Gasteiger partial charge is 0.494 e. The van der Waals surface area contributed by atoms with E-state index >= 15 is 0 Å². The predicted molar refractivity (Wildman–Crippen MR) is 104 cm³/mol. The number of amides is 1. The van der Waals surface area contributed by atoms with E-state index in [4.69, 9.17) is 9.47 Å². The van der Waals surface area contributed by atoms with E-state index in [-0.39, 0.29) is 11.9 Å². The van der Waals surface area contributed by atoms with Gasteiger partial charge in [0, 0.05) is 6.92 Å². The molecule has 3 rings (SSSR count). The van der Waals surface area contributed by atoms with Gasteiger partial charge in [0.1, 0.15) is 23.1 Å². The molecule has 0 aliphatic carbocycles. The normalized spacial score (nSPS) is 12.0. The molecule has 0 aliphatic rings. The number of hydrogen-bond acceptors (Lipinski definition) is 5. The van der Waals surface area contributed by atoms with Crippen molar-refractivity contribution in [1.29, 1.82) is 0 Å². The van der Waals surface area contributed by atoms with Gasteiger partial charge >= 0.3 is 0 Å². The number of fused-ring (bicyclic) bond motifs is 1. The van der Waals surface area contributed by atoms with Gasteiger partial charge in [-0.1, -0.05) is 12.1 Å². The Kier molecular flexibility index (Phi) is 5.73. The summed E-state index contributed by atoms with van der Waals surface area (Å²) in [5.41, 5.74) is 1.99. The Balaban J connectivity index is 1.67. The summed E-state index contributed by atoms with van der Waals surface area (Å²) >= 11 is 1.57. The first-order valence-corrected chi connectivity index (χ1v) is 9.39. The fourth-order valence-electron chi connectivity index (χ4n) is 2.58. The zero-order valence-corrected chi connectivity index (χ0v) is 15.9. The lowest BCUT2D eigenvalue weighted by molar-refractivity contribution is -0.119. The lowest BCUT2D eigenvalue weighted by Gasteiger charge is -2.07. The van der Waals surface area contributed by atoms with Crippen molar-refractivity contribution >= 4 is 27.5 Å². The molecule has 26 heavy (non-hydrogen) atoms. The Hall–Kier alpha value is -2.60. The monoisotopic (exact) mass is 370 g/mol. The number of thiazole rings is 1. The minimum absolute atomic E-state index is 0.0591. The van der Waals surface area contributed by atoms with Crippen LogP contribution in [0.15, 0.2) is 42.5 Å². The molecule has 1 heterocycles. The van der Waals surface area contributed by atoms with Gasteiger partial charge in [0.25, 0.3) is 0 Å². The highest BCUT2D eigenvalue weighted by molar-refractivity contribution is 7.18. The van der Waals surface area contributed by atoms with Crippen LogP contribution in [-0.2, 0) is 11.4 Å². The maximum Gasteiger partial charge on any atom is 0.217 e. The van der Waals surface area contributed by atoms with Gasteiger partial charge in [-0.2, -0.15) is 0 Å². The van der Waals surface area contributed by atoms with Crippen molar-refractivity contribution in [3.05, 3.63) is 53.0 Å². The van der Waals surface area contributed by atoms with E-state index in [2.05, 4.69) is 10.3 Å². The second-order valence-electron chi connectivity index (χ2n) is 5.97. The highest BCUT2D eigenvalue weighted by Gasteiger charge is 2.13. The quantitative estimate of drug-likeness (QED) is 0.666. The molecular weight excluding hydrogens is 348 g/mol. The number of aromatic nitrogens is 1. The van der Waals surface area contributed by atoms with Crippen LogP contribution in [0.25, 0.3) is 10.2 Å². The van der Waals surface area contributed by atoms with E-state index in [1.807, 2.05) is 56.3 Å². The highest BCUT2D eigenvalue weighted by Crippen LogP contribution is 2.29. The zero-order valence-electron chi connectivity index (χ0n) is 15.1. The summed E-state index contributed by atoms with van der Waals surface area (Å²) < 4.78 is 12.4. The van der Waals surface area contributed by atoms with Gasteiger partial charge in [-0.25, -0.2) is 4.98 Å². The van der Waals surface area contributed by atoms with Gasteiger partial charge in [-0.15, -0.1) is 11.3 Å². The number of benzene rings is 2. The number of hydrogen-bond donors (Lipinski definition) is 1. The molecule has 0 radical (unpaired) electrons. The maximum absolute atomic E-state index is 11.2. The molecule has 6 heteroatoms. The summed E-state index contributed by atoms with van der Waals surface area (Å²) in [7, 11) is 0. The number of carbonyl (C=O) groups is 1. The van der Waals surface area contributed by atoms with Crippen LogP contribution < -0.4 is 14.8 Å². The van der Waals surface area contributed by atoms with E-state index in [1.54, 1.807) is 11.3 Å². The third-order valence-electron chi connectivity index (χ3n) is 3.81. The molecule has 1 amide bonds. The van der Waals surface area contributed by atoms with Crippen molar-refractivity contribution < 1.29 is 14.3 Å². The first-order chi connectivity index (χ1) is 12.5. The van der Waals surface area contributed by atoms with Gasteiger partial charge in [-0.3, -0.25) is 4.79 Å². The molecule has 0 fully saturated rings. The molecule has 1 aromatic heterocycles. The van der Waals surface area contributed by atoms with Gasteiger partial charge in [0.15, 0.2) is 0 Å². The van der Waals surface area contributed by atoms with Crippen molar-refractivity contribution in [3.8, 4) is 11.5 Å². The van der Waals surface area contributed by atoms with E-state index in [1.165, 1.54) is 6.92 Å². The molecule has 136 valence electrons. The van der Waals surface area contributed by atoms with Crippen molar-refractivity contribution in [2.24, 2.45) is 0 Å². The minimum Gasteiger partial charge on any atom is -0.494 e. The molecule has 3 aromatic rings. The van der Waals surface area contributed by atoms with Crippen molar-refractivity contribution in [3.63, 3.8) is 0 Å². The average molecular weight is 370 g/mol. The summed E-state index contributed by atoms with van der Waals surface area (Å²) in [4.78, 5) is 15.8. The zero-order chi connectivity index (χ0) is 18.5. The van der Waals surface area contributed by atoms with Crippen LogP contribution in [-0.4, -0.2) is 17.5 Å². The molecule has 0 saturated heterocycles. The van der Waals surface area contributed by atoms with Gasteiger partial charge < -0.3 is 14.8 Å². The van der Waals surface area contributed by atoms with Crippen molar-refractivity contribution in [2.45, 2.75) is 33.4 Å². The molecule has 2 aromatic carbocycles. The molecule has 0 saturated carbocycles. The van der Waals surface area contributed by atoms with Crippen molar-refractivity contribution in [1.82, 2.24) is 10.3 Å². The lowest BCUT2D eigenvalue weighted by Crippen LogP contribution is -2.23. The SMILES string of the molecule is CCOc1ccc(COc2ccc3nc(C(C)NC(C)=O)sc3c2)cc1. The predicted octanol–water partition coefficient (Wildman–Crippen LogP) is 4.47. The van der Waals surface area contributed by atoms with Crippen LogP contribution in [0.2, 0.25) is 0 Å². The van der Waals surface area contributed by atoms with Gasteiger partial charge in [-0.05, 0) is 49.7 Å². The molecule has 1 unspecified atom stereocenters. The average Bonchev–Trinajstić information content (AvgIpc) is 3.04. The van der Waals surface area contributed by atoms with E-state index < -0.39 is 0 Å². The minimum atomic E-state index is -0.0990. The summed E-state index contributed by atoms with van der Waals surface area (Å²) in [6.45, 7) is 6.56. The Morgan fingerprint density at radius 3 is 2.58 bits per heavy atom. The van der Waals surface area contributed by atoms with E-state index in [0.29, 0.717) is 13.2 Å². The summed E-state index contributed by atoms with van der Waals surface area (Å²) in [6.07, 6.45) is 0. The first-order valence-electron chi connectivity index (χ1n) is 8.57. The molecule has 1 N–H and O–H groups in total. The van der Waals surface area contributed by atoms with Crippen LogP contribution >= 0.6 is 11.3 Å². The number of nitrogens with one attached hydrogen (secondary N) is 1. The van der Waals surface area contributed by atoms with Crippen LogP contribution in [0.3, 0.4) is 0 Å². The second-order valence-corrected chi connectivity index (χ2v) is 7.03. The topological polar surface area (TPSA) is 60.5 Å². The molecule has 1 atom stereocenters. The smallest absolute Gasteiger partial charge is 0.217 e. The van der Waals surface area contributed by atoms with Crippen LogP contribution in [0, 0.1) is 0 Å². The van der Waals surface area contributed by atoms with E-state index in [9.17, 15) is 4.79 Å². The number of carbonyl (C=O) groups excluding carboxylic acids is 1. The summed E-state index contributed by atoms with van der Waals surface area (Å²) in [5.74, 6) is 1.60.